The summed E-state index contributed by atoms with van der Waals surface area (Å²) in [6.45, 7) is 9.75. The summed E-state index contributed by atoms with van der Waals surface area (Å²) < 4.78 is 0. The first-order valence-corrected chi connectivity index (χ1v) is 12.2. The molecule has 1 amide bonds. The summed E-state index contributed by atoms with van der Waals surface area (Å²) in [5.74, 6) is -0.0280. The van der Waals surface area contributed by atoms with Gasteiger partial charge >= 0.3 is 0 Å². The highest BCUT2D eigenvalue weighted by molar-refractivity contribution is 5.76. The zero-order valence-corrected chi connectivity index (χ0v) is 18.9. The Morgan fingerprint density at radius 1 is 0.667 bits per heavy atom. The van der Waals surface area contributed by atoms with E-state index in [0.29, 0.717) is 0 Å². The molecule has 0 aromatic rings. The van der Waals surface area contributed by atoms with Crippen LogP contribution in [0.5, 0.6) is 0 Å². The molecular weight excluding hydrogens is 332 g/mol. The van der Waals surface area contributed by atoms with E-state index in [-0.39, 0.29) is 11.8 Å². The molecular formula is C24H50N2O. The minimum absolute atomic E-state index is 0.0722. The van der Waals surface area contributed by atoms with E-state index in [2.05, 4.69) is 25.7 Å². The molecule has 3 heteroatoms. The quantitative estimate of drug-likeness (QED) is 0.225. The molecule has 1 unspecified atom stereocenters. The van der Waals surface area contributed by atoms with Crippen molar-refractivity contribution in [3.05, 3.63) is 0 Å². The van der Waals surface area contributed by atoms with E-state index in [1.54, 1.807) is 0 Å². The summed E-state index contributed by atoms with van der Waals surface area (Å²) in [6, 6.07) is 0. The number of hydrogen-bond acceptors (Lipinski definition) is 2. The van der Waals surface area contributed by atoms with Crippen molar-refractivity contribution >= 4 is 5.91 Å². The van der Waals surface area contributed by atoms with Gasteiger partial charge in [-0.1, -0.05) is 111 Å². The van der Waals surface area contributed by atoms with Crippen LogP contribution in [0.2, 0.25) is 0 Å². The molecule has 0 aliphatic rings. The molecule has 0 saturated carbocycles. The highest BCUT2D eigenvalue weighted by Gasteiger charge is 2.15. The van der Waals surface area contributed by atoms with Crippen molar-refractivity contribution in [3.63, 3.8) is 0 Å². The number of nitrogens with zero attached hydrogens (tertiary/aromatic N) is 1. The van der Waals surface area contributed by atoms with Crippen LogP contribution in [0.1, 0.15) is 124 Å². The standard InChI is InChI=1S/C24H50N2O/c1-4-7-8-9-10-11-12-13-14-15-16-17-18-19-20-23(24(25)27)21-22-26(5-2)6-3/h23H,4-22H2,1-3H3,(H2,25,27). The van der Waals surface area contributed by atoms with E-state index < -0.39 is 0 Å². The second kappa shape index (κ2) is 20.2. The van der Waals surface area contributed by atoms with Crippen LogP contribution in [0.15, 0.2) is 0 Å². The van der Waals surface area contributed by atoms with Crippen LogP contribution >= 0.6 is 0 Å². The number of nitrogens with two attached hydrogens (primary N) is 1. The first-order chi connectivity index (χ1) is 13.2. The fourth-order valence-corrected chi connectivity index (χ4v) is 3.89. The third-order valence-corrected chi connectivity index (χ3v) is 6.00. The van der Waals surface area contributed by atoms with E-state index in [1.165, 1.54) is 83.5 Å². The summed E-state index contributed by atoms with van der Waals surface area (Å²) >= 11 is 0. The minimum Gasteiger partial charge on any atom is -0.369 e. The summed E-state index contributed by atoms with van der Waals surface area (Å²) in [5, 5.41) is 0. The molecule has 0 heterocycles. The number of carbonyl (C=O) groups excluding carboxylic acids is 1. The second-order valence-corrected chi connectivity index (χ2v) is 8.30. The summed E-state index contributed by atoms with van der Waals surface area (Å²) in [7, 11) is 0. The largest absolute Gasteiger partial charge is 0.369 e. The van der Waals surface area contributed by atoms with Gasteiger partial charge in [0.2, 0.25) is 5.91 Å². The second-order valence-electron chi connectivity index (χ2n) is 8.30. The molecule has 0 spiro atoms. The molecule has 0 fully saturated rings. The highest BCUT2D eigenvalue weighted by Crippen LogP contribution is 2.17. The van der Waals surface area contributed by atoms with Gasteiger partial charge in [0.25, 0.3) is 0 Å². The smallest absolute Gasteiger partial charge is 0.220 e. The van der Waals surface area contributed by atoms with Gasteiger partial charge in [0.15, 0.2) is 0 Å². The Labute approximate surface area is 170 Å². The van der Waals surface area contributed by atoms with Crippen molar-refractivity contribution in [1.29, 1.82) is 0 Å². The monoisotopic (exact) mass is 382 g/mol. The first kappa shape index (κ1) is 26.4. The van der Waals surface area contributed by atoms with Crippen LogP contribution in [0.3, 0.4) is 0 Å². The maximum Gasteiger partial charge on any atom is 0.220 e. The third kappa shape index (κ3) is 17.3. The number of amides is 1. The van der Waals surface area contributed by atoms with E-state index >= 15 is 0 Å². The van der Waals surface area contributed by atoms with E-state index in [1.807, 2.05) is 0 Å². The highest BCUT2D eigenvalue weighted by atomic mass is 16.1. The summed E-state index contributed by atoms with van der Waals surface area (Å²) in [6.07, 6.45) is 21.1. The van der Waals surface area contributed by atoms with Crippen molar-refractivity contribution < 1.29 is 4.79 Å². The Morgan fingerprint density at radius 2 is 1.07 bits per heavy atom. The zero-order valence-electron chi connectivity index (χ0n) is 18.9. The third-order valence-electron chi connectivity index (χ3n) is 6.00. The molecule has 0 aliphatic heterocycles. The molecule has 27 heavy (non-hydrogen) atoms. The van der Waals surface area contributed by atoms with Gasteiger partial charge in [-0.3, -0.25) is 4.79 Å². The Morgan fingerprint density at radius 3 is 1.44 bits per heavy atom. The van der Waals surface area contributed by atoms with Gasteiger partial charge in [0.1, 0.15) is 0 Å². The molecule has 0 aromatic heterocycles. The fourth-order valence-electron chi connectivity index (χ4n) is 3.89. The predicted molar refractivity (Wildman–Crippen MR) is 120 cm³/mol. The Hall–Kier alpha value is -0.570. The minimum atomic E-state index is -0.100. The Kier molecular flexibility index (Phi) is 19.7. The van der Waals surface area contributed by atoms with Crippen LogP contribution < -0.4 is 5.73 Å². The molecule has 1 atom stereocenters. The van der Waals surface area contributed by atoms with Gasteiger partial charge < -0.3 is 10.6 Å². The van der Waals surface area contributed by atoms with Crippen molar-refractivity contribution in [2.24, 2.45) is 11.7 Å². The van der Waals surface area contributed by atoms with Crippen molar-refractivity contribution in [2.45, 2.75) is 124 Å². The summed E-state index contributed by atoms with van der Waals surface area (Å²) in [5.41, 5.74) is 5.60. The fraction of sp³-hybridized carbons (Fsp3) is 0.958. The molecule has 0 aliphatic carbocycles. The van der Waals surface area contributed by atoms with Crippen LogP contribution in [0.4, 0.5) is 0 Å². The SMILES string of the molecule is CCCCCCCCCCCCCCCCC(CCN(CC)CC)C(N)=O. The Balaban J connectivity index is 3.46. The number of hydrogen-bond donors (Lipinski definition) is 1. The lowest BCUT2D eigenvalue weighted by molar-refractivity contribution is -0.122. The first-order valence-electron chi connectivity index (χ1n) is 12.2. The lowest BCUT2D eigenvalue weighted by atomic mass is 9.96. The zero-order chi connectivity index (χ0) is 20.2. The van der Waals surface area contributed by atoms with E-state index in [9.17, 15) is 4.79 Å². The van der Waals surface area contributed by atoms with Gasteiger partial charge in [-0.25, -0.2) is 0 Å². The average Bonchev–Trinajstić information content (AvgIpc) is 2.67. The maximum atomic E-state index is 11.7. The van der Waals surface area contributed by atoms with Crippen LogP contribution in [0, 0.1) is 5.92 Å². The number of rotatable bonds is 21. The van der Waals surface area contributed by atoms with Crippen molar-refractivity contribution in [3.8, 4) is 0 Å². The van der Waals surface area contributed by atoms with Crippen molar-refractivity contribution in [1.82, 2.24) is 4.90 Å². The van der Waals surface area contributed by atoms with Crippen LogP contribution in [0.25, 0.3) is 0 Å². The molecule has 162 valence electrons. The Bertz CT molecular complexity index is 316. The van der Waals surface area contributed by atoms with Crippen LogP contribution in [-0.2, 0) is 4.79 Å². The number of primary amides is 1. The van der Waals surface area contributed by atoms with Gasteiger partial charge in [0, 0.05) is 5.92 Å². The van der Waals surface area contributed by atoms with E-state index in [4.69, 9.17) is 5.73 Å². The average molecular weight is 383 g/mol. The molecule has 2 N–H and O–H groups in total. The number of carbonyl (C=O) groups is 1. The lowest BCUT2D eigenvalue weighted by Crippen LogP contribution is -2.30. The topological polar surface area (TPSA) is 46.3 Å². The molecule has 3 nitrogen and oxygen atoms in total. The molecule has 0 aromatic carbocycles. The maximum absolute atomic E-state index is 11.7. The van der Waals surface area contributed by atoms with Crippen molar-refractivity contribution in [2.75, 3.05) is 19.6 Å². The summed E-state index contributed by atoms with van der Waals surface area (Å²) in [4.78, 5) is 14.0. The van der Waals surface area contributed by atoms with Gasteiger partial charge in [-0.2, -0.15) is 0 Å². The number of unbranched alkanes of at least 4 members (excludes halogenated alkanes) is 13. The predicted octanol–water partition coefficient (Wildman–Crippen LogP) is 6.69. The molecule has 0 saturated heterocycles. The van der Waals surface area contributed by atoms with Gasteiger partial charge in [0.05, 0.1) is 0 Å². The van der Waals surface area contributed by atoms with Crippen LogP contribution in [-0.4, -0.2) is 30.4 Å². The lowest BCUT2D eigenvalue weighted by Gasteiger charge is -2.21. The van der Waals surface area contributed by atoms with E-state index in [0.717, 1.165) is 38.9 Å². The molecule has 0 radical (unpaired) electrons. The molecule has 0 rings (SSSR count). The normalized spacial score (nSPS) is 12.6. The molecule has 0 bridgehead atoms. The van der Waals surface area contributed by atoms with Gasteiger partial charge in [-0.05, 0) is 32.5 Å². The van der Waals surface area contributed by atoms with Gasteiger partial charge in [-0.15, -0.1) is 0 Å².